The first-order valence-corrected chi connectivity index (χ1v) is 6.73. The van der Waals surface area contributed by atoms with Gasteiger partial charge in [-0.25, -0.2) is 17.6 Å². The summed E-state index contributed by atoms with van der Waals surface area (Å²) >= 11 is 5.75. The number of hydrogen-bond acceptors (Lipinski definition) is 2. The number of anilines is 1. The van der Waals surface area contributed by atoms with Crippen molar-refractivity contribution in [2.45, 2.75) is 13.0 Å². The van der Waals surface area contributed by atoms with Gasteiger partial charge in [0.1, 0.15) is 11.6 Å². The monoisotopic (exact) mass is 347 g/mol. The van der Waals surface area contributed by atoms with Crippen LogP contribution in [0.15, 0.2) is 30.3 Å². The third-order valence-electron chi connectivity index (χ3n) is 2.86. The number of halogens is 5. The smallest absolute Gasteiger partial charge is 0.265 e. The van der Waals surface area contributed by atoms with Gasteiger partial charge in [0.15, 0.2) is 23.6 Å². The lowest BCUT2D eigenvalue weighted by Crippen LogP contribution is -2.30. The first kappa shape index (κ1) is 17.1. The molecule has 3 nitrogen and oxygen atoms in total. The van der Waals surface area contributed by atoms with Crippen molar-refractivity contribution < 1.29 is 27.1 Å². The zero-order valence-corrected chi connectivity index (χ0v) is 12.4. The first-order valence-electron chi connectivity index (χ1n) is 6.35. The van der Waals surface area contributed by atoms with Crippen LogP contribution in [0.3, 0.4) is 0 Å². The van der Waals surface area contributed by atoms with Crippen molar-refractivity contribution in [3.05, 3.63) is 58.6 Å². The number of carbonyl (C=O) groups is 1. The molecule has 23 heavy (non-hydrogen) atoms. The predicted octanol–water partition coefficient (Wildman–Crippen LogP) is 4.30. The van der Waals surface area contributed by atoms with Crippen LogP contribution in [0.5, 0.6) is 5.75 Å². The Bertz CT molecular complexity index is 754. The van der Waals surface area contributed by atoms with Gasteiger partial charge in [0.05, 0.1) is 10.7 Å². The lowest BCUT2D eigenvalue weighted by Gasteiger charge is -2.16. The molecule has 0 aliphatic heterocycles. The minimum Gasteiger partial charge on any atom is -0.479 e. The maximum Gasteiger partial charge on any atom is 0.265 e. The Morgan fingerprint density at radius 3 is 2.48 bits per heavy atom. The Morgan fingerprint density at radius 1 is 1.13 bits per heavy atom. The molecule has 0 aliphatic rings. The van der Waals surface area contributed by atoms with E-state index in [1.807, 2.05) is 0 Å². The van der Waals surface area contributed by atoms with Gasteiger partial charge in [0, 0.05) is 0 Å². The van der Waals surface area contributed by atoms with Crippen molar-refractivity contribution >= 4 is 23.2 Å². The van der Waals surface area contributed by atoms with Crippen LogP contribution in [0.4, 0.5) is 23.2 Å². The van der Waals surface area contributed by atoms with Crippen molar-refractivity contribution in [1.82, 2.24) is 0 Å². The lowest BCUT2D eigenvalue weighted by atomic mass is 10.2. The minimum atomic E-state index is -1.70. The van der Waals surface area contributed by atoms with Crippen LogP contribution in [0.2, 0.25) is 5.02 Å². The molecular weight excluding hydrogens is 338 g/mol. The molecule has 0 spiro atoms. The van der Waals surface area contributed by atoms with Crippen LogP contribution in [-0.4, -0.2) is 12.0 Å². The molecule has 122 valence electrons. The highest BCUT2D eigenvalue weighted by atomic mass is 35.5. The molecule has 0 heterocycles. The number of carbonyl (C=O) groups excluding carboxylic acids is 1. The van der Waals surface area contributed by atoms with Crippen LogP contribution < -0.4 is 10.1 Å². The largest absolute Gasteiger partial charge is 0.479 e. The van der Waals surface area contributed by atoms with E-state index in [1.165, 1.54) is 13.0 Å². The summed E-state index contributed by atoms with van der Waals surface area (Å²) in [5.74, 6) is -5.95. The normalized spacial score (nSPS) is 11.9. The van der Waals surface area contributed by atoms with E-state index >= 15 is 0 Å². The molecule has 1 amide bonds. The van der Waals surface area contributed by atoms with Crippen molar-refractivity contribution in [1.29, 1.82) is 0 Å². The van der Waals surface area contributed by atoms with E-state index in [-0.39, 0.29) is 10.8 Å². The minimum absolute atomic E-state index is 0.0430. The summed E-state index contributed by atoms with van der Waals surface area (Å²) in [7, 11) is 0. The molecule has 2 rings (SSSR count). The number of rotatable bonds is 4. The molecule has 1 N–H and O–H groups in total. The summed E-state index contributed by atoms with van der Waals surface area (Å²) in [5, 5.41) is 2.01. The van der Waals surface area contributed by atoms with Gasteiger partial charge < -0.3 is 10.1 Å². The summed E-state index contributed by atoms with van der Waals surface area (Å²) in [5.41, 5.74) is -0.533. The van der Waals surface area contributed by atoms with Crippen LogP contribution in [0, 0.1) is 23.3 Å². The second-order valence-corrected chi connectivity index (χ2v) is 4.95. The highest BCUT2D eigenvalue weighted by Crippen LogP contribution is 2.26. The number of ether oxygens (including phenoxy) is 1. The Morgan fingerprint density at radius 2 is 1.83 bits per heavy atom. The summed E-state index contributed by atoms with van der Waals surface area (Å²) in [6.45, 7) is 1.33. The molecule has 0 saturated heterocycles. The molecule has 0 aliphatic carbocycles. The molecule has 0 radical (unpaired) electrons. The van der Waals surface area contributed by atoms with Crippen LogP contribution in [-0.2, 0) is 4.79 Å². The third kappa shape index (κ3) is 3.92. The average Bonchev–Trinajstić information content (AvgIpc) is 2.50. The Balaban J connectivity index is 2.10. The topological polar surface area (TPSA) is 38.3 Å². The van der Waals surface area contributed by atoms with E-state index in [4.69, 9.17) is 16.3 Å². The number of hydrogen-bond donors (Lipinski definition) is 1. The summed E-state index contributed by atoms with van der Waals surface area (Å²) < 4.78 is 57.6. The SMILES string of the molecule is CC(Oc1ccc(F)cc1Cl)C(=O)Nc1ccc(F)c(F)c1F. The number of benzene rings is 2. The molecule has 0 bridgehead atoms. The van der Waals surface area contributed by atoms with Crippen LogP contribution in [0.1, 0.15) is 6.92 Å². The maximum atomic E-state index is 13.5. The second-order valence-electron chi connectivity index (χ2n) is 4.55. The van der Waals surface area contributed by atoms with Gasteiger partial charge in [0.25, 0.3) is 5.91 Å². The van der Waals surface area contributed by atoms with Gasteiger partial charge in [0.2, 0.25) is 0 Å². The Labute approximate surface area is 133 Å². The van der Waals surface area contributed by atoms with E-state index in [1.54, 1.807) is 0 Å². The van der Waals surface area contributed by atoms with Gasteiger partial charge in [-0.1, -0.05) is 11.6 Å². The van der Waals surface area contributed by atoms with Crippen molar-refractivity contribution in [3.8, 4) is 5.75 Å². The molecule has 2 aromatic carbocycles. The van der Waals surface area contributed by atoms with Gasteiger partial charge >= 0.3 is 0 Å². The average molecular weight is 348 g/mol. The molecule has 0 aromatic heterocycles. The number of amides is 1. The van der Waals surface area contributed by atoms with Gasteiger partial charge in [-0.2, -0.15) is 0 Å². The van der Waals surface area contributed by atoms with Crippen molar-refractivity contribution in [2.24, 2.45) is 0 Å². The van der Waals surface area contributed by atoms with E-state index < -0.39 is 41.0 Å². The summed E-state index contributed by atoms with van der Waals surface area (Å²) in [4.78, 5) is 11.9. The highest BCUT2D eigenvalue weighted by Gasteiger charge is 2.20. The first-order chi connectivity index (χ1) is 10.8. The molecule has 2 aromatic rings. The van der Waals surface area contributed by atoms with E-state index in [2.05, 4.69) is 5.32 Å². The summed E-state index contributed by atoms with van der Waals surface area (Å²) in [6.07, 6.45) is -1.15. The van der Waals surface area contributed by atoms with Gasteiger partial charge in [-0.15, -0.1) is 0 Å². The van der Waals surface area contributed by atoms with Gasteiger partial charge in [-0.3, -0.25) is 4.79 Å². The zero-order valence-electron chi connectivity index (χ0n) is 11.7. The van der Waals surface area contributed by atoms with Crippen LogP contribution >= 0.6 is 11.6 Å². The highest BCUT2D eigenvalue weighted by molar-refractivity contribution is 6.32. The molecular formula is C15H10ClF4NO2. The standard InChI is InChI=1S/C15H10ClF4NO2/c1-7(23-12-5-2-8(17)6-9(12)16)15(22)21-11-4-3-10(18)13(19)14(11)20/h2-7H,1H3,(H,21,22). The van der Waals surface area contributed by atoms with Gasteiger partial charge in [-0.05, 0) is 37.3 Å². The van der Waals surface area contributed by atoms with E-state index in [0.29, 0.717) is 6.07 Å². The quantitative estimate of drug-likeness (QED) is 0.661. The second kappa shape index (κ2) is 6.87. The number of nitrogens with one attached hydrogen (secondary N) is 1. The molecule has 1 unspecified atom stereocenters. The van der Waals surface area contributed by atoms with Crippen LogP contribution in [0.25, 0.3) is 0 Å². The lowest BCUT2D eigenvalue weighted by molar-refractivity contribution is -0.122. The van der Waals surface area contributed by atoms with Crippen molar-refractivity contribution in [3.63, 3.8) is 0 Å². The maximum absolute atomic E-state index is 13.5. The zero-order chi connectivity index (χ0) is 17.1. The third-order valence-corrected chi connectivity index (χ3v) is 3.16. The molecule has 0 fully saturated rings. The van der Waals surface area contributed by atoms with E-state index in [9.17, 15) is 22.4 Å². The molecule has 1 atom stereocenters. The Hall–Kier alpha value is -2.28. The summed E-state index contributed by atoms with van der Waals surface area (Å²) in [6, 6.07) is 4.86. The fourth-order valence-corrected chi connectivity index (χ4v) is 1.88. The predicted molar refractivity (Wildman–Crippen MR) is 76.4 cm³/mol. The fraction of sp³-hybridized carbons (Fsp3) is 0.133. The van der Waals surface area contributed by atoms with E-state index in [0.717, 1.165) is 18.2 Å². The van der Waals surface area contributed by atoms with Crippen molar-refractivity contribution in [2.75, 3.05) is 5.32 Å². The molecule has 8 heteroatoms. The fourth-order valence-electron chi connectivity index (χ4n) is 1.67. The molecule has 0 saturated carbocycles. The Kier molecular flexibility index (Phi) is 5.10.